The van der Waals surface area contributed by atoms with Gasteiger partial charge in [-0.3, -0.25) is 9.00 Å². The van der Waals surface area contributed by atoms with Crippen LogP contribution in [0.4, 0.5) is 0 Å². The van der Waals surface area contributed by atoms with Gasteiger partial charge in [-0.2, -0.15) is 0 Å². The Labute approximate surface area is 94.0 Å². The summed E-state index contributed by atoms with van der Waals surface area (Å²) < 4.78 is 16.7. The molecule has 0 spiro atoms. The molecule has 0 aromatic heterocycles. The van der Waals surface area contributed by atoms with Crippen LogP contribution in [0.1, 0.15) is 32.6 Å². The normalized spacial score (nSPS) is 22.9. The van der Waals surface area contributed by atoms with Crippen molar-refractivity contribution in [2.75, 3.05) is 24.7 Å². The number of unbranched alkanes of at least 4 members (excludes halogenated alkanes) is 2. The second-order valence-electron chi connectivity index (χ2n) is 4.02. The zero-order chi connectivity index (χ0) is 11.1. The van der Waals surface area contributed by atoms with Crippen molar-refractivity contribution in [1.82, 2.24) is 0 Å². The summed E-state index contributed by atoms with van der Waals surface area (Å²) in [6, 6.07) is 0. The molecule has 1 saturated heterocycles. The highest BCUT2D eigenvalue weighted by molar-refractivity contribution is 7.85. The number of ether oxygens (including phenoxy) is 1. The minimum absolute atomic E-state index is 0.0140. The lowest BCUT2D eigenvalue weighted by molar-refractivity contribution is -0.120. The number of hydrogen-bond donors (Lipinski definition) is 0. The molecule has 1 aliphatic heterocycles. The van der Waals surface area contributed by atoms with Gasteiger partial charge in [0.05, 0.1) is 12.4 Å². The standard InChI is InChI=1S/C11H20O3S/c1-2-3-4-7-15(13)9-11(12)10-5-6-14-8-10/h10H,2-9H2,1H3. The highest BCUT2D eigenvalue weighted by atomic mass is 32.2. The Bertz CT molecular complexity index is 222. The maximum Gasteiger partial charge on any atom is 0.150 e. The summed E-state index contributed by atoms with van der Waals surface area (Å²) in [5, 5.41) is 0. The van der Waals surface area contributed by atoms with Crippen molar-refractivity contribution in [2.45, 2.75) is 32.6 Å². The minimum atomic E-state index is -0.953. The van der Waals surface area contributed by atoms with Crippen LogP contribution in [0, 0.1) is 5.92 Å². The van der Waals surface area contributed by atoms with Gasteiger partial charge in [-0.15, -0.1) is 0 Å². The molecular formula is C11H20O3S. The van der Waals surface area contributed by atoms with Crippen LogP contribution >= 0.6 is 0 Å². The summed E-state index contributed by atoms with van der Waals surface area (Å²) >= 11 is 0. The van der Waals surface area contributed by atoms with Gasteiger partial charge >= 0.3 is 0 Å². The third-order valence-corrected chi connectivity index (χ3v) is 4.01. The molecule has 3 nitrogen and oxygen atoms in total. The van der Waals surface area contributed by atoms with Crippen LogP contribution in [0.2, 0.25) is 0 Å². The van der Waals surface area contributed by atoms with E-state index in [0.717, 1.165) is 25.7 Å². The zero-order valence-corrected chi connectivity index (χ0v) is 10.2. The molecule has 0 aromatic rings. The van der Waals surface area contributed by atoms with E-state index in [2.05, 4.69) is 6.92 Å². The Kier molecular flexibility index (Phi) is 6.10. The SMILES string of the molecule is CCCCCS(=O)CC(=O)C1CCOC1. The van der Waals surface area contributed by atoms with Crippen LogP contribution in [0.25, 0.3) is 0 Å². The number of ketones is 1. The molecule has 0 amide bonds. The van der Waals surface area contributed by atoms with Gasteiger partial charge < -0.3 is 4.74 Å². The molecule has 88 valence electrons. The Morgan fingerprint density at radius 1 is 1.47 bits per heavy atom. The van der Waals surface area contributed by atoms with E-state index in [1.165, 1.54) is 0 Å². The van der Waals surface area contributed by atoms with Gasteiger partial charge in [0.2, 0.25) is 0 Å². The topological polar surface area (TPSA) is 43.4 Å². The van der Waals surface area contributed by atoms with Crippen molar-refractivity contribution >= 4 is 16.6 Å². The highest BCUT2D eigenvalue weighted by Gasteiger charge is 2.24. The molecule has 1 heterocycles. The molecule has 1 fully saturated rings. The fourth-order valence-electron chi connectivity index (χ4n) is 1.65. The summed E-state index contributed by atoms with van der Waals surface area (Å²) in [6.07, 6.45) is 4.01. The van der Waals surface area contributed by atoms with Crippen molar-refractivity contribution in [2.24, 2.45) is 5.92 Å². The fourth-order valence-corrected chi connectivity index (χ4v) is 2.87. The van der Waals surface area contributed by atoms with Crippen LogP contribution in [0.15, 0.2) is 0 Å². The van der Waals surface area contributed by atoms with Gasteiger partial charge in [0.15, 0.2) is 5.78 Å². The van der Waals surface area contributed by atoms with E-state index in [-0.39, 0.29) is 17.5 Å². The zero-order valence-electron chi connectivity index (χ0n) is 9.37. The number of rotatable bonds is 7. The lowest BCUT2D eigenvalue weighted by Crippen LogP contribution is -2.22. The summed E-state index contributed by atoms with van der Waals surface area (Å²) in [5.74, 6) is 1.05. The van der Waals surface area contributed by atoms with Gasteiger partial charge in [-0.25, -0.2) is 0 Å². The van der Waals surface area contributed by atoms with E-state index < -0.39 is 10.8 Å². The average Bonchev–Trinajstić information content (AvgIpc) is 2.70. The predicted molar refractivity (Wildman–Crippen MR) is 61.3 cm³/mol. The predicted octanol–water partition coefficient (Wildman–Crippen LogP) is 1.53. The van der Waals surface area contributed by atoms with Crippen molar-refractivity contribution in [3.05, 3.63) is 0 Å². The number of hydrogen-bond acceptors (Lipinski definition) is 3. The first-order valence-corrected chi connectivity index (χ1v) is 7.18. The van der Waals surface area contributed by atoms with Gasteiger partial charge in [0.1, 0.15) is 0 Å². The molecule has 4 heteroatoms. The summed E-state index contributed by atoms with van der Waals surface area (Å²) in [4.78, 5) is 11.6. The first kappa shape index (κ1) is 12.8. The average molecular weight is 232 g/mol. The third-order valence-electron chi connectivity index (χ3n) is 2.66. The second-order valence-corrected chi connectivity index (χ2v) is 5.60. The monoisotopic (exact) mass is 232 g/mol. The lowest BCUT2D eigenvalue weighted by atomic mass is 10.1. The van der Waals surface area contributed by atoms with Crippen LogP contribution < -0.4 is 0 Å². The molecule has 0 radical (unpaired) electrons. The Balaban J connectivity index is 2.16. The number of carbonyl (C=O) groups is 1. The maximum absolute atomic E-state index is 11.6. The molecule has 0 aliphatic carbocycles. The molecule has 0 N–H and O–H groups in total. The number of Topliss-reactive ketones (excluding diaryl/α,β-unsaturated/α-hetero) is 1. The molecule has 2 unspecified atom stereocenters. The van der Waals surface area contributed by atoms with Gasteiger partial charge in [0.25, 0.3) is 0 Å². The molecule has 1 rings (SSSR count). The minimum Gasteiger partial charge on any atom is -0.381 e. The van der Waals surface area contributed by atoms with E-state index in [1.54, 1.807) is 0 Å². The molecule has 0 bridgehead atoms. The molecule has 0 saturated carbocycles. The van der Waals surface area contributed by atoms with Crippen molar-refractivity contribution in [1.29, 1.82) is 0 Å². The van der Waals surface area contributed by atoms with Crippen molar-refractivity contribution in [3.8, 4) is 0 Å². The van der Waals surface area contributed by atoms with E-state index >= 15 is 0 Å². The largest absolute Gasteiger partial charge is 0.381 e. The molecular weight excluding hydrogens is 212 g/mol. The Morgan fingerprint density at radius 3 is 2.87 bits per heavy atom. The van der Waals surface area contributed by atoms with Crippen LogP contribution in [0.3, 0.4) is 0 Å². The van der Waals surface area contributed by atoms with E-state index in [1.807, 2.05) is 0 Å². The van der Waals surface area contributed by atoms with Crippen LogP contribution in [0.5, 0.6) is 0 Å². The van der Waals surface area contributed by atoms with Gasteiger partial charge in [-0.1, -0.05) is 19.8 Å². The van der Waals surface area contributed by atoms with E-state index in [0.29, 0.717) is 19.0 Å². The first-order chi connectivity index (χ1) is 7.24. The van der Waals surface area contributed by atoms with Crippen LogP contribution in [-0.2, 0) is 20.3 Å². The fraction of sp³-hybridized carbons (Fsp3) is 0.909. The molecule has 0 aromatic carbocycles. The Hall–Kier alpha value is -0.220. The molecule has 15 heavy (non-hydrogen) atoms. The summed E-state index contributed by atoms with van der Waals surface area (Å²) in [6.45, 7) is 3.33. The lowest BCUT2D eigenvalue weighted by Gasteiger charge is -2.05. The molecule has 2 atom stereocenters. The third kappa shape index (κ3) is 4.89. The van der Waals surface area contributed by atoms with Crippen LogP contribution in [-0.4, -0.2) is 34.7 Å². The van der Waals surface area contributed by atoms with Gasteiger partial charge in [-0.05, 0) is 12.8 Å². The van der Waals surface area contributed by atoms with Crippen molar-refractivity contribution < 1.29 is 13.7 Å². The maximum atomic E-state index is 11.6. The number of carbonyl (C=O) groups excluding carboxylic acids is 1. The van der Waals surface area contributed by atoms with E-state index in [4.69, 9.17) is 4.74 Å². The second kappa shape index (κ2) is 7.12. The smallest absolute Gasteiger partial charge is 0.150 e. The summed E-state index contributed by atoms with van der Waals surface area (Å²) in [5.41, 5.74) is 0. The highest BCUT2D eigenvalue weighted by Crippen LogP contribution is 2.14. The van der Waals surface area contributed by atoms with Crippen molar-refractivity contribution in [3.63, 3.8) is 0 Å². The van der Waals surface area contributed by atoms with Gasteiger partial charge in [0, 0.05) is 29.1 Å². The summed E-state index contributed by atoms with van der Waals surface area (Å²) in [7, 11) is -0.953. The molecule has 1 aliphatic rings. The first-order valence-electron chi connectivity index (χ1n) is 5.69. The van der Waals surface area contributed by atoms with E-state index in [9.17, 15) is 9.00 Å². The quantitative estimate of drug-likeness (QED) is 0.625. The Morgan fingerprint density at radius 2 is 2.27 bits per heavy atom.